The molecule has 1 aliphatic rings. The van der Waals surface area contributed by atoms with Gasteiger partial charge in [0.1, 0.15) is 0 Å². The van der Waals surface area contributed by atoms with Gasteiger partial charge in [-0.1, -0.05) is 0 Å². The minimum Gasteiger partial charge on any atom is -0.379 e. The van der Waals surface area contributed by atoms with Crippen LogP contribution in [0.25, 0.3) is 0 Å². The maximum Gasteiger partial charge on any atom is 0.220 e. The molecule has 0 saturated carbocycles. The van der Waals surface area contributed by atoms with E-state index in [1.807, 2.05) is 6.92 Å². The van der Waals surface area contributed by atoms with E-state index >= 15 is 0 Å². The minimum absolute atomic E-state index is 0.117. The number of hydrogen-bond acceptors (Lipinski definition) is 3. The SMILES string of the molecule is CC1(NC(=O)CCCCN)CCOC1. The molecule has 1 fully saturated rings. The van der Waals surface area contributed by atoms with Crippen molar-refractivity contribution in [2.45, 2.75) is 38.1 Å². The maximum atomic E-state index is 11.5. The molecule has 0 aromatic rings. The van der Waals surface area contributed by atoms with Gasteiger partial charge in [-0.05, 0) is 32.7 Å². The summed E-state index contributed by atoms with van der Waals surface area (Å²) >= 11 is 0. The molecule has 0 radical (unpaired) electrons. The third-order valence-corrected chi connectivity index (χ3v) is 2.52. The number of amides is 1. The fourth-order valence-corrected chi connectivity index (χ4v) is 1.59. The van der Waals surface area contributed by atoms with E-state index in [2.05, 4.69) is 5.32 Å². The number of carbonyl (C=O) groups is 1. The van der Waals surface area contributed by atoms with Crippen LogP contribution in [0.15, 0.2) is 0 Å². The zero-order valence-electron chi connectivity index (χ0n) is 8.84. The molecule has 0 spiro atoms. The molecule has 1 unspecified atom stereocenters. The number of ether oxygens (including phenoxy) is 1. The molecule has 1 rings (SSSR count). The molecule has 1 saturated heterocycles. The summed E-state index contributed by atoms with van der Waals surface area (Å²) < 4.78 is 5.25. The maximum absolute atomic E-state index is 11.5. The van der Waals surface area contributed by atoms with E-state index in [0.29, 0.717) is 19.6 Å². The smallest absolute Gasteiger partial charge is 0.220 e. The van der Waals surface area contributed by atoms with Crippen molar-refractivity contribution in [3.05, 3.63) is 0 Å². The van der Waals surface area contributed by atoms with Crippen molar-refractivity contribution < 1.29 is 9.53 Å². The highest BCUT2D eigenvalue weighted by Gasteiger charge is 2.30. The molecule has 3 N–H and O–H groups in total. The summed E-state index contributed by atoms with van der Waals surface area (Å²) in [6.07, 6.45) is 3.28. The van der Waals surface area contributed by atoms with Crippen LogP contribution in [-0.2, 0) is 9.53 Å². The minimum atomic E-state index is -0.139. The van der Waals surface area contributed by atoms with E-state index < -0.39 is 0 Å². The first-order chi connectivity index (χ1) is 6.66. The Morgan fingerprint density at radius 1 is 1.57 bits per heavy atom. The van der Waals surface area contributed by atoms with E-state index in [1.165, 1.54) is 0 Å². The molecular weight excluding hydrogens is 180 g/mol. The van der Waals surface area contributed by atoms with Gasteiger partial charge in [0.15, 0.2) is 0 Å². The standard InChI is InChI=1S/C10H20N2O2/c1-10(5-7-14-8-10)12-9(13)4-2-3-6-11/h2-8,11H2,1H3,(H,12,13). The van der Waals surface area contributed by atoms with Crippen LogP contribution >= 0.6 is 0 Å². The monoisotopic (exact) mass is 200 g/mol. The van der Waals surface area contributed by atoms with Gasteiger partial charge in [-0.25, -0.2) is 0 Å². The van der Waals surface area contributed by atoms with Gasteiger partial charge in [-0.15, -0.1) is 0 Å². The molecule has 4 nitrogen and oxygen atoms in total. The van der Waals surface area contributed by atoms with Crippen LogP contribution in [0, 0.1) is 0 Å². The Kier molecular flexibility index (Phi) is 4.35. The van der Waals surface area contributed by atoms with Gasteiger partial charge < -0.3 is 15.8 Å². The van der Waals surface area contributed by atoms with Crippen LogP contribution in [-0.4, -0.2) is 31.2 Å². The van der Waals surface area contributed by atoms with Crippen LogP contribution in [0.1, 0.15) is 32.6 Å². The fourth-order valence-electron chi connectivity index (χ4n) is 1.59. The summed E-state index contributed by atoms with van der Waals surface area (Å²) in [4.78, 5) is 11.5. The van der Waals surface area contributed by atoms with Gasteiger partial charge in [-0.3, -0.25) is 4.79 Å². The van der Waals surface area contributed by atoms with Crippen molar-refractivity contribution in [3.8, 4) is 0 Å². The van der Waals surface area contributed by atoms with Gasteiger partial charge in [0.25, 0.3) is 0 Å². The summed E-state index contributed by atoms with van der Waals surface area (Å²) in [5, 5.41) is 3.01. The number of hydrogen-bond donors (Lipinski definition) is 2. The molecule has 0 aliphatic carbocycles. The van der Waals surface area contributed by atoms with E-state index in [9.17, 15) is 4.79 Å². The molecule has 82 valence electrons. The van der Waals surface area contributed by atoms with Crippen molar-refractivity contribution in [1.29, 1.82) is 0 Å². The zero-order valence-corrected chi connectivity index (χ0v) is 8.84. The average Bonchev–Trinajstić information content (AvgIpc) is 2.52. The van der Waals surface area contributed by atoms with Crippen LogP contribution in [0.3, 0.4) is 0 Å². The van der Waals surface area contributed by atoms with Crippen molar-refractivity contribution in [2.24, 2.45) is 5.73 Å². The normalized spacial score (nSPS) is 26.4. The number of nitrogens with two attached hydrogens (primary N) is 1. The Morgan fingerprint density at radius 2 is 2.36 bits per heavy atom. The van der Waals surface area contributed by atoms with E-state index in [4.69, 9.17) is 10.5 Å². The first-order valence-corrected chi connectivity index (χ1v) is 5.25. The van der Waals surface area contributed by atoms with E-state index in [-0.39, 0.29) is 11.4 Å². The number of carbonyl (C=O) groups excluding carboxylic acids is 1. The number of rotatable bonds is 5. The number of nitrogens with one attached hydrogen (secondary N) is 1. The molecule has 0 bridgehead atoms. The molecule has 0 aromatic carbocycles. The number of unbranched alkanes of at least 4 members (excludes halogenated alkanes) is 1. The topological polar surface area (TPSA) is 64.4 Å². The third-order valence-electron chi connectivity index (χ3n) is 2.52. The van der Waals surface area contributed by atoms with Crippen LogP contribution in [0.5, 0.6) is 0 Å². The summed E-state index contributed by atoms with van der Waals surface area (Å²) in [7, 11) is 0. The van der Waals surface area contributed by atoms with Gasteiger partial charge in [0.2, 0.25) is 5.91 Å². The average molecular weight is 200 g/mol. The summed E-state index contributed by atoms with van der Waals surface area (Å²) in [5.41, 5.74) is 5.21. The van der Waals surface area contributed by atoms with Crippen molar-refractivity contribution in [3.63, 3.8) is 0 Å². The first kappa shape index (κ1) is 11.5. The Hall–Kier alpha value is -0.610. The first-order valence-electron chi connectivity index (χ1n) is 5.25. The summed E-state index contributed by atoms with van der Waals surface area (Å²) in [6, 6.07) is 0. The van der Waals surface area contributed by atoms with Gasteiger partial charge in [-0.2, -0.15) is 0 Å². The van der Waals surface area contributed by atoms with Gasteiger partial charge in [0, 0.05) is 13.0 Å². The Bertz CT molecular complexity index is 189. The third kappa shape index (κ3) is 3.64. The van der Waals surface area contributed by atoms with Gasteiger partial charge in [0.05, 0.1) is 12.1 Å². The summed E-state index contributed by atoms with van der Waals surface area (Å²) in [5.74, 6) is 0.117. The van der Waals surface area contributed by atoms with Crippen molar-refractivity contribution in [1.82, 2.24) is 5.32 Å². The lowest BCUT2D eigenvalue weighted by atomic mass is 10.0. The van der Waals surface area contributed by atoms with Crippen LogP contribution < -0.4 is 11.1 Å². The highest BCUT2D eigenvalue weighted by molar-refractivity contribution is 5.76. The molecule has 1 atom stereocenters. The molecule has 14 heavy (non-hydrogen) atoms. The van der Waals surface area contributed by atoms with E-state index in [1.54, 1.807) is 0 Å². The molecule has 1 aliphatic heterocycles. The molecule has 1 heterocycles. The largest absolute Gasteiger partial charge is 0.379 e. The second kappa shape index (κ2) is 5.32. The zero-order chi connectivity index (χ0) is 10.4. The lowest BCUT2D eigenvalue weighted by Crippen LogP contribution is -2.46. The molecular formula is C10H20N2O2. The second-order valence-corrected chi connectivity index (χ2v) is 4.16. The Morgan fingerprint density at radius 3 is 2.93 bits per heavy atom. The Labute approximate surface area is 85.2 Å². The lowest BCUT2D eigenvalue weighted by molar-refractivity contribution is -0.123. The van der Waals surface area contributed by atoms with Crippen LogP contribution in [0.4, 0.5) is 0 Å². The Balaban J connectivity index is 2.19. The fraction of sp³-hybridized carbons (Fsp3) is 0.900. The van der Waals surface area contributed by atoms with Crippen LogP contribution in [0.2, 0.25) is 0 Å². The van der Waals surface area contributed by atoms with Gasteiger partial charge >= 0.3 is 0 Å². The quantitative estimate of drug-likeness (QED) is 0.632. The van der Waals surface area contributed by atoms with Crippen molar-refractivity contribution >= 4 is 5.91 Å². The predicted molar refractivity (Wildman–Crippen MR) is 54.9 cm³/mol. The summed E-state index contributed by atoms with van der Waals surface area (Å²) in [6.45, 7) is 4.07. The molecule has 0 aromatic heterocycles. The van der Waals surface area contributed by atoms with E-state index in [0.717, 1.165) is 25.9 Å². The highest BCUT2D eigenvalue weighted by Crippen LogP contribution is 2.17. The second-order valence-electron chi connectivity index (χ2n) is 4.16. The van der Waals surface area contributed by atoms with Crippen molar-refractivity contribution in [2.75, 3.05) is 19.8 Å². The predicted octanol–water partition coefficient (Wildman–Crippen LogP) is 0.411. The molecule has 1 amide bonds. The lowest BCUT2D eigenvalue weighted by Gasteiger charge is -2.23. The molecule has 4 heteroatoms. The highest BCUT2D eigenvalue weighted by atomic mass is 16.5.